The molecule has 0 radical (unpaired) electrons. The summed E-state index contributed by atoms with van der Waals surface area (Å²) in [7, 11) is 3.27. The van der Waals surface area contributed by atoms with E-state index in [1.54, 1.807) is 14.2 Å². The molecule has 0 aliphatic carbocycles. The van der Waals surface area contributed by atoms with E-state index in [2.05, 4.69) is 11.8 Å². The van der Waals surface area contributed by atoms with Gasteiger partial charge in [0.25, 0.3) is 0 Å². The van der Waals surface area contributed by atoms with E-state index in [9.17, 15) is 5.11 Å². The average Bonchev–Trinajstić information content (AvgIpc) is 2.12. The van der Waals surface area contributed by atoms with E-state index in [1.165, 1.54) is 0 Å². The molecule has 80 valence electrons. The second kappa shape index (κ2) is 8.44. The average molecular weight is 191 g/mol. The molecule has 0 aromatic heterocycles. The predicted molar refractivity (Wildman–Crippen MR) is 51.9 cm³/mol. The lowest BCUT2D eigenvalue weighted by Crippen LogP contribution is -2.36. The first-order chi connectivity index (χ1) is 6.24. The molecule has 0 aromatic carbocycles. The summed E-state index contributed by atoms with van der Waals surface area (Å²) >= 11 is 0. The van der Waals surface area contributed by atoms with Crippen molar-refractivity contribution in [1.29, 1.82) is 0 Å². The first-order valence-electron chi connectivity index (χ1n) is 4.62. The van der Waals surface area contributed by atoms with Crippen molar-refractivity contribution in [2.75, 3.05) is 47.1 Å². The molecule has 0 fully saturated rings. The van der Waals surface area contributed by atoms with E-state index >= 15 is 0 Å². The molecule has 4 heteroatoms. The van der Waals surface area contributed by atoms with Crippen LogP contribution in [0.4, 0.5) is 0 Å². The number of rotatable bonds is 8. The Balaban J connectivity index is 3.56. The van der Waals surface area contributed by atoms with Crippen molar-refractivity contribution in [3.63, 3.8) is 0 Å². The molecule has 0 aromatic rings. The van der Waals surface area contributed by atoms with Gasteiger partial charge in [0.15, 0.2) is 0 Å². The summed E-state index contributed by atoms with van der Waals surface area (Å²) in [5, 5.41) is 9.44. The molecule has 0 aliphatic rings. The molecule has 1 atom stereocenters. The number of aliphatic hydroxyl groups is 1. The maximum Gasteiger partial charge on any atom is 0.0900 e. The van der Waals surface area contributed by atoms with E-state index in [-0.39, 0.29) is 0 Å². The van der Waals surface area contributed by atoms with E-state index < -0.39 is 6.10 Å². The molecular formula is C9H21NO3. The van der Waals surface area contributed by atoms with Gasteiger partial charge >= 0.3 is 0 Å². The summed E-state index contributed by atoms with van der Waals surface area (Å²) in [6, 6.07) is 0. The summed E-state index contributed by atoms with van der Waals surface area (Å²) in [4.78, 5) is 2.13. The van der Waals surface area contributed by atoms with Gasteiger partial charge in [0, 0.05) is 27.3 Å². The molecule has 0 aliphatic heterocycles. The molecule has 0 bridgehead atoms. The molecule has 4 nitrogen and oxygen atoms in total. The summed E-state index contributed by atoms with van der Waals surface area (Å²) in [6.45, 7) is 5.58. The van der Waals surface area contributed by atoms with Crippen LogP contribution in [0, 0.1) is 0 Å². The van der Waals surface area contributed by atoms with E-state index in [4.69, 9.17) is 9.47 Å². The minimum atomic E-state index is -0.401. The van der Waals surface area contributed by atoms with Crippen molar-refractivity contribution in [2.45, 2.75) is 13.0 Å². The molecule has 0 spiro atoms. The predicted octanol–water partition coefficient (Wildman–Crippen LogP) is -0.0380. The summed E-state index contributed by atoms with van der Waals surface area (Å²) < 4.78 is 9.81. The van der Waals surface area contributed by atoms with Crippen molar-refractivity contribution < 1.29 is 14.6 Å². The van der Waals surface area contributed by atoms with Crippen LogP contribution >= 0.6 is 0 Å². The number of nitrogens with zero attached hydrogens (tertiary/aromatic N) is 1. The highest BCUT2D eigenvalue weighted by atomic mass is 16.5. The molecule has 0 heterocycles. The van der Waals surface area contributed by atoms with Crippen molar-refractivity contribution in [3.8, 4) is 0 Å². The fourth-order valence-electron chi connectivity index (χ4n) is 1.14. The zero-order valence-corrected chi connectivity index (χ0v) is 8.82. The standard InChI is InChI=1S/C9H21NO3/c1-4-10(5-6-12-2)7-9(11)8-13-3/h9,11H,4-8H2,1-3H3. The van der Waals surface area contributed by atoms with Gasteiger partial charge in [0.2, 0.25) is 0 Å². The van der Waals surface area contributed by atoms with Gasteiger partial charge in [-0.05, 0) is 6.54 Å². The summed E-state index contributed by atoms with van der Waals surface area (Å²) in [6.07, 6.45) is -0.401. The van der Waals surface area contributed by atoms with Crippen LogP contribution in [0.3, 0.4) is 0 Å². The molecule has 0 amide bonds. The molecule has 0 saturated heterocycles. The van der Waals surface area contributed by atoms with Gasteiger partial charge in [0.05, 0.1) is 19.3 Å². The lowest BCUT2D eigenvalue weighted by molar-refractivity contribution is 0.0329. The number of hydrogen-bond donors (Lipinski definition) is 1. The van der Waals surface area contributed by atoms with E-state index in [0.717, 1.165) is 13.1 Å². The first-order valence-corrected chi connectivity index (χ1v) is 4.62. The Morgan fingerprint density at radius 3 is 2.46 bits per heavy atom. The van der Waals surface area contributed by atoms with Crippen LogP contribution < -0.4 is 0 Å². The highest BCUT2D eigenvalue weighted by Crippen LogP contribution is 1.93. The van der Waals surface area contributed by atoms with Crippen molar-refractivity contribution in [2.24, 2.45) is 0 Å². The third-order valence-electron chi connectivity index (χ3n) is 1.89. The van der Waals surface area contributed by atoms with Crippen molar-refractivity contribution >= 4 is 0 Å². The SMILES string of the molecule is CCN(CCOC)CC(O)COC. The molecule has 1 unspecified atom stereocenters. The van der Waals surface area contributed by atoms with Gasteiger partial charge in [-0.3, -0.25) is 4.90 Å². The van der Waals surface area contributed by atoms with Crippen LogP contribution in [-0.2, 0) is 9.47 Å². The largest absolute Gasteiger partial charge is 0.389 e. The Hall–Kier alpha value is -0.160. The smallest absolute Gasteiger partial charge is 0.0900 e. The van der Waals surface area contributed by atoms with Crippen LogP contribution in [0.1, 0.15) is 6.92 Å². The molecule has 0 rings (SSSR count). The van der Waals surface area contributed by atoms with Crippen molar-refractivity contribution in [1.82, 2.24) is 4.90 Å². The minimum absolute atomic E-state index is 0.392. The number of methoxy groups -OCH3 is 2. The lowest BCUT2D eigenvalue weighted by atomic mass is 10.3. The molecule has 1 N–H and O–H groups in total. The highest BCUT2D eigenvalue weighted by molar-refractivity contribution is 4.62. The van der Waals surface area contributed by atoms with Gasteiger partial charge in [-0.25, -0.2) is 0 Å². The van der Waals surface area contributed by atoms with Crippen molar-refractivity contribution in [3.05, 3.63) is 0 Å². The fraction of sp³-hybridized carbons (Fsp3) is 1.00. The zero-order chi connectivity index (χ0) is 10.1. The first kappa shape index (κ1) is 12.8. The van der Waals surface area contributed by atoms with E-state index in [1.807, 2.05) is 0 Å². The highest BCUT2D eigenvalue weighted by Gasteiger charge is 2.09. The molecular weight excluding hydrogens is 170 g/mol. The number of aliphatic hydroxyl groups excluding tert-OH is 1. The maximum atomic E-state index is 9.44. The summed E-state index contributed by atoms with van der Waals surface area (Å²) in [5.41, 5.74) is 0. The Morgan fingerprint density at radius 1 is 1.31 bits per heavy atom. The Labute approximate surface area is 80.4 Å². The monoisotopic (exact) mass is 191 g/mol. The quantitative estimate of drug-likeness (QED) is 0.584. The van der Waals surface area contributed by atoms with Crippen LogP contribution in [0.5, 0.6) is 0 Å². The lowest BCUT2D eigenvalue weighted by Gasteiger charge is -2.22. The van der Waals surface area contributed by atoms with Gasteiger partial charge < -0.3 is 14.6 Å². The van der Waals surface area contributed by atoms with Gasteiger partial charge in [-0.1, -0.05) is 6.92 Å². The van der Waals surface area contributed by atoms with Crippen LogP contribution in [0.15, 0.2) is 0 Å². The zero-order valence-electron chi connectivity index (χ0n) is 8.82. The Morgan fingerprint density at radius 2 is 2.00 bits per heavy atom. The van der Waals surface area contributed by atoms with Crippen LogP contribution in [0.25, 0.3) is 0 Å². The number of likely N-dealkylation sites (N-methyl/N-ethyl adjacent to an activating group) is 1. The minimum Gasteiger partial charge on any atom is -0.389 e. The third kappa shape index (κ3) is 6.95. The molecule has 0 saturated carbocycles. The fourth-order valence-corrected chi connectivity index (χ4v) is 1.14. The second-order valence-corrected chi connectivity index (χ2v) is 3.00. The van der Waals surface area contributed by atoms with Gasteiger partial charge in [-0.15, -0.1) is 0 Å². The Bertz CT molecular complexity index is 111. The van der Waals surface area contributed by atoms with E-state index in [0.29, 0.717) is 19.8 Å². The maximum absolute atomic E-state index is 9.44. The van der Waals surface area contributed by atoms with Crippen LogP contribution in [-0.4, -0.2) is 63.2 Å². The topological polar surface area (TPSA) is 41.9 Å². The van der Waals surface area contributed by atoms with Gasteiger partial charge in [-0.2, -0.15) is 0 Å². The second-order valence-electron chi connectivity index (χ2n) is 3.00. The normalized spacial score (nSPS) is 13.6. The van der Waals surface area contributed by atoms with Gasteiger partial charge in [0.1, 0.15) is 0 Å². The molecule has 13 heavy (non-hydrogen) atoms. The Kier molecular flexibility index (Phi) is 8.33. The van der Waals surface area contributed by atoms with Crippen LogP contribution in [0.2, 0.25) is 0 Å². The number of hydrogen-bond acceptors (Lipinski definition) is 4. The third-order valence-corrected chi connectivity index (χ3v) is 1.89. The number of ether oxygens (including phenoxy) is 2. The summed E-state index contributed by atoms with van der Waals surface area (Å²) in [5.74, 6) is 0.